The van der Waals surface area contributed by atoms with E-state index in [4.69, 9.17) is 4.65 Å². The molecular weight excluding hydrogens is 299 g/mol. The average Bonchev–Trinajstić information content (AvgIpc) is 2.60. The Balaban J connectivity index is 1.90. The molecule has 8 heteroatoms. The zero-order valence-electron chi connectivity index (χ0n) is 12.8. The van der Waals surface area contributed by atoms with Crippen LogP contribution in [0.4, 0.5) is 0 Å². The summed E-state index contributed by atoms with van der Waals surface area (Å²) in [5, 5.41) is 23.9. The molecule has 0 saturated heterocycles. The highest BCUT2D eigenvalue weighted by atomic mass is 16.5. The SMILES string of the molecule is CC(=O)C[C@H]1C=CC[C@H](NC(=O)Cc2ccc[n+]([O-])c2)B(O)O1. The molecule has 23 heavy (non-hydrogen) atoms. The van der Waals surface area contributed by atoms with Gasteiger partial charge in [0.1, 0.15) is 5.78 Å². The lowest BCUT2D eigenvalue weighted by Crippen LogP contribution is -2.48. The van der Waals surface area contributed by atoms with Crippen LogP contribution in [0.3, 0.4) is 0 Å². The van der Waals surface area contributed by atoms with Gasteiger partial charge in [-0.25, -0.2) is 0 Å². The first-order valence-electron chi connectivity index (χ1n) is 7.40. The van der Waals surface area contributed by atoms with Crippen molar-refractivity contribution in [3.8, 4) is 0 Å². The summed E-state index contributed by atoms with van der Waals surface area (Å²) in [6.07, 6.45) is 6.29. The predicted octanol–water partition coefficient (Wildman–Crippen LogP) is -0.309. The lowest BCUT2D eigenvalue weighted by Gasteiger charge is -2.20. The number of aromatic nitrogens is 1. The van der Waals surface area contributed by atoms with Crippen LogP contribution in [0.2, 0.25) is 0 Å². The van der Waals surface area contributed by atoms with Crippen LogP contribution in [0.15, 0.2) is 36.7 Å². The van der Waals surface area contributed by atoms with Crippen molar-refractivity contribution in [1.29, 1.82) is 0 Å². The Kier molecular flexibility index (Phi) is 5.89. The van der Waals surface area contributed by atoms with E-state index in [-0.39, 0.29) is 24.5 Å². The fourth-order valence-electron chi connectivity index (χ4n) is 2.39. The molecule has 1 aliphatic rings. The summed E-state index contributed by atoms with van der Waals surface area (Å²) in [7, 11) is -1.20. The molecule has 2 heterocycles. The van der Waals surface area contributed by atoms with Crippen molar-refractivity contribution in [3.05, 3.63) is 47.4 Å². The fraction of sp³-hybridized carbons (Fsp3) is 0.400. The molecule has 2 rings (SSSR count). The van der Waals surface area contributed by atoms with Crippen molar-refractivity contribution in [2.75, 3.05) is 0 Å². The van der Waals surface area contributed by atoms with Crippen molar-refractivity contribution in [2.24, 2.45) is 0 Å². The molecule has 0 unspecified atom stereocenters. The van der Waals surface area contributed by atoms with E-state index in [1.807, 2.05) is 0 Å². The summed E-state index contributed by atoms with van der Waals surface area (Å²) >= 11 is 0. The molecule has 0 aliphatic carbocycles. The normalized spacial score (nSPS) is 20.9. The lowest BCUT2D eigenvalue weighted by molar-refractivity contribution is -0.605. The standard InChI is InChI=1S/C15H19BN2O5/c1-11(19)8-13-5-2-6-14(16(21)23-13)17-15(20)9-12-4-3-7-18(22)10-12/h2-5,7,10,13-14,21H,6,8-9H2,1H3,(H,17,20)/t13-,14+/m1/s1. The third-order valence-corrected chi connectivity index (χ3v) is 3.44. The van der Waals surface area contributed by atoms with Gasteiger partial charge in [0.15, 0.2) is 12.4 Å². The van der Waals surface area contributed by atoms with Crippen LogP contribution in [-0.4, -0.2) is 35.9 Å². The number of hydrogen-bond acceptors (Lipinski definition) is 5. The molecule has 1 aromatic rings. The number of carbonyl (C=O) groups excluding carboxylic acids is 2. The van der Waals surface area contributed by atoms with Crippen molar-refractivity contribution < 1.29 is 24.0 Å². The maximum atomic E-state index is 12.0. The Morgan fingerprint density at radius 2 is 2.35 bits per heavy atom. The van der Waals surface area contributed by atoms with E-state index in [2.05, 4.69) is 5.32 Å². The van der Waals surface area contributed by atoms with Gasteiger partial charge in [-0.05, 0) is 19.4 Å². The Hall–Kier alpha value is -2.19. The first-order chi connectivity index (χ1) is 10.9. The highest BCUT2D eigenvalue weighted by molar-refractivity contribution is 6.45. The molecule has 0 spiro atoms. The summed E-state index contributed by atoms with van der Waals surface area (Å²) in [6.45, 7) is 1.45. The minimum Gasteiger partial charge on any atom is -0.619 e. The van der Waals surface area contributed by atoms with Crippen molar-refractivity contribution in [3.63, 3.8) is 0 Å². The Morgan fingerprint density at radius 3 is 3.04 bits per heavy atom. The van der Waals surface area contributed by atoms with Crippen LogP contribution < -0.4 is 10.0 Å². The van der Waals surface area contributed by atoms with Gasteiger partial charge in [-0.2, -0.15) is 4.73 Å². The molecule has 0 radical (unpaired) electrons. The van der Waals surface area contributed by atoms with Gasteiger partial charge in [0, 0.05) is 18.1 Å². The van der Waals surface area contributed by atoms with Gasteiger partial charge in [0.25, 0.3) is 0 Å². The summed E-state index contributed by atoms with van der Waals surface area (Å²) in [5.41, 5.74) is 0.578. The minimum atomic E-state index is -1.20. The monoisotopic (exact) mass is 318 g/mol. The van der Waals surface area contributed by atoms with Crippen molar-refractivity contribution >= 4 is 18.8 Å². The van der Waals surface area contributed by atoms with E-state index in [1.54, 1.807) is 24.3 Å². The molecule has 0 bridgehead atoms. The number of pyridine rings is 1. The summed E-state index contributed by atoms with van der Waals surface area (Å²) in [5.74, 6) is -0.953. The first-order valence-corrected chi connectivity index (χ1v) is 7.40. The van der Waals surface area contributed by atoms with E-state index >= 15 is 0 Å². The molecule has 7 nitrogen and oxygen atoms in total. The maximum Gasteiger partial charge on any atom is 0.478 e. The van der Waals surface area contributed by atoms with Crippen molar-refractivity contribution in [1.82, 2.24) is 5.32 Å². The Bertz CT molecular complexity index is 607. The highest BCUT2D eigenvalue weighted by Gasteiger charge is 2.32. The molecule has 2 atom stereocenters. The number of nitrogens with zero attached hydrogens (tertiary/aromatic N) is 1. The topological polar surface area (TPSA) is 103 Å². The van der Waals surface area contributed by atoms with E-state index in [9.17, 15) is 19.8 Å². The lowest BCUT2D eigenvalue weighted by atomic mass is 9.77. The molecule has 1 amide bonds. The molecule has 0 aromatic carbocycles. The van der Waals surface area contributed by atoms with Crippen molar-refractivity contribution in [2.45, 2.75) is 38.2 Å². The van der Waals surface area contributed by atoms with Gasteiger partial charge >= 0.3 is 7.12 Å². The molecule has 2 N–H and O–H groups in total. The number of ketones is 1. The zero-order valence-corrected chi connectivity index (χ0v) is 12.8. The number of carbonyl (C=O) groups is 2. The van der Waals surface area contributed by atoms with E-state index < -0.39 is 19.2 Å². The average molecular weight is 318 g/mol. The number of nitrogens with one attached hydrogen (secondary N) is 1. The van der Waals surface area contributed by atoms with Crippen LogP contribution in [0, 0.1) is 5.21 Å². The maximum absolute atomic E-state index is 12.0. The predicted molar refractivity (Wildman–Crippen MR) is 82.9 cm³/mol. The largest absolute Gasteiger partial charge is 0.619 e. The molecule has 122 valence electrons. The molecular formula is C15H19BN2O5. The number of Topliss-reactive ketones (excluding diaryl/α,β-unsaturated/α-hetero) is 1. The molecule has 0 saturated carbocycles. The first kappa shape index (κ1) is 17.2. The minimum absolute atomic E-state index is 0.0346. The smallest absolute Gasteiger partial charge is 0.478 e. The van der Waals surface area contributed by atoms with Gasteiger partial charge in [-0.15, -0.1) is 0 Å². The second-order valence-corrected chi connectivity index (χ2v) is 5.56. The van der Waals surface area contributed by atoms with Gasteiger partial charge < -0.3 is 20.2 Å². The van der Waals surface area contributed by atoms with E-state index in [0.717, 1.165) is 0 Å². The molecule has 1 aliphatic heterocycles. The second-order valence-electron chi connectivity index (χ2n) is 5.56. The number of amides is 1. The van der Waals surface area contributed by atoms with Gasteiger partial charge in [-0.1, -0.05) is 12.2 Å². The summed E-state index contributed by atoms with van der Waals surface area (Å²) in [6, 6.07) is 3.24. The zero-order chi connectivity index (χ0) is 16.8. The van der Waals surface area contributed by atoms with Crippen LogP contribution in [0.5, 0.6) is 0 Å². The van der Waals surface area contributed by atoms with Crippen LogP contribution in [0.25, 0.3) is 0 Å². The van der Waals surface area contributed by atoms with E-state index in [1.165, 1.54) is 19.3 Å². The quantitative estimate of drug-likeness (QED) is 0.336. The van der Waals surface area contributed by atoms with Gasteiger partial charge in [0.2, 0.25) is 5.91 Å². The summed E-state index contributed by atoms with van der Waals surface area (Å²) in [4.78, 5) is 23.2. The molecule has 1 aromatic heterocycles. The van der Waals surface area contributed by atoms with Crippen LogP contribution >= 0.6 is 0 Å². The van der Waals surface area contributed by atoms with Crippen LogP contribution in [-0.2, 0) is 20.7 Å². The van der Waals surface area contributed by atoms with Gasteiger partial charge in [0.05, 0.1) is 18.5 Å². The fourth-order valence-corrected chi connectivity index (χ4v) is 2.39. The summed E-state index contributed by atoms with van der Waals surface area (Å²) < 4.78 is 6.01. The van der Waals surface area contributed by atoms with Gasteiger partial charge in [-0.3, -0.25) is 9.59 Å². The third kappa shape index (κ3) is 5.50. The highest BCUT2D eigenvalue weighted by Crippen LogP contribution is 2.12. The Morgan fingerprint density at radius 1 is 1.57 bits per heavy atom. The van der Waals surface area contributed by atoms with Crippen LogP contribution in [0.1, 0.15) is 25.3 Å². The third-order valence-electron chi connectivity index (χ3n) is 3.44. The second kappa shape index (κ2) is 7.89. The number of hydrogen-bond donors (Lipinski definition) is 2. The number of rotatable bonds is 5. The Labute approximate surface area is 134 Å². The molecule has 0 fully saturated rings. The van der Waals surface area contributed by atoms with E-state index in [0.29, 0.717) is 16.7 Å².